The van der Waals surface area contributed by atoms with Crippen molar-refractivity contribution in [2.45, 2.75) is 44.5 Å². The molecule has 0 bridgehead atoms. The summed E-state index contributed by atoms with van der Waals surface area (Å²) in [6.07, 6.45) is -3.95. The van der Waals surface area contributed by atoms with E-state index in [1.807, 2.05) is 6.92 Å². The summed E-state index contributed by atoms with van der Waals surface area (Å²) in [5.74, 6) is -0.983. The van der Waals surface area contributed by atoms with E-state index in [-0.39, 0.29) is 16.3 Å². The summed E-state index contributed by atoms with van der Waals surface area (Å²) in [5.41, 5.74) is -3.09. The molecule has 0 aliphatic carbocycles. The number of nitrogens with zero attached hydrogens (tertiary/aromatic N) is 2. The van der Waals surface area contributed by atoms with Crippen molar-refractivity contribution >= 4 is 27.5 Å². The number of carbonyl (C=O) groups excluding carboxylic acids is 1. The summed E-state index contributed by atoms with van der Waals surface area (Å²) in [5, 5.41) is 14.0. The molecule has 2 rings (SSSR count). The predicted octanol–water partition coefficient (Wildman–Crippen LogP) is 4.09. The van der Waals surface area contributed by atoms with Crippen LogP contribution in [0.4, 0.5) is 13.2 Å². The molecule has 1 heterocycles. The largest absolute Gasteiger partial charge is 0.438 e. The van der Waals surface area contributed by atoms with Crippen LogP contribution >= 0.6 is 15.9 Å². The number of aliphatic hydroxyl groups is 1. The van der Waals surface area contributed by atoms with Gasteiger partial charge in [0.15, 0.2) is 0 Å². The molecule has 0 radical (unpaired) electrons. The molecule has 0 spiro atoms. The molecule has 1 aromatic carbocycles. The van der Waals surface area contributed by atoms with Gasteiger partial charge in [-0.2, -0.15) is 23.3 Å². The van der Waals surface area contributed by atoms with Gasteiger partial charge in [-0.1, -0.05) is 29.3 Å². The zero-order valence-electron chi connectivity index (χ0n) is 12.4. The van der Waals surface area contributed by atoms with E-state index >= 15 is 0 Å². The van der Waals surface area contributed by atoms with Gasteiger partial charge in [0.2, 0.25) is 0 Å². The summed E-state index contributed by atoms with van der Waals surface area (Å²) in [6.45, 7) is 1.90. The van der Waals surface area contributed by atoms with Crippen molar-refractivity contribution in [3.05, 3.63) is 34.3 Å². The fraction of sp³-hybridized carbons (Fsp3) is 0.467. The first-order chi connectivity index (χ1) is 10.7. The van der Waals surface area contributed by atoms with Crippen LogP contribution in [-0.2, 0) is 0 Å². The van der Waals surface area contributed by atoms with E-state index in [0.29, 0.717) is 17.3 Å². The molecule has 8 heteroatoms. The van der Waals surface area contributed by atoms with E-state index in [2.05, 4.69) is 21.0 Å². The van der Waals surface area contributed by atoms with Gasteiger partial charge in [0.1, 0.15) is 0 Å². The maximum Gasteiger partial charge on any atom is 0.438 e. The number of alkyl halides is 3. The molecule has 1 atom stereocenters. The van der Waals surface area contributed by atoms with Crippen molar-refractivity contribution in [2.24, 2.45) is 5.10 Å². The topological polar surface area (TPSA) is 52.9 Å². The maximum atomic E-state index is 13.3. The second-order valence-electron chi connectivity index (χ2n) is 5.38. The van der Waals surface area contributed by atoms with Crippen LogP contribution in [0.3, 0.4) is 0 Å². The van der Waals surface area contributed by atoms with Crippen LogP contribution in [0.25, 0.3) is 0 Å². The third-order valence-corrected chi connectivity index (χ3v) is 4.13. The molecule has 0 fully saturated rings. The number of unbranched alkanes of at least 4 members (excludes halogenated alkanes) is 1. The number of rotatable bonds is 4. The Morgan fingerprint density at radius 3 is 2.52 bits per heavy atom. The van der Waals surface area contributed by atoms with Crippen molar-refractivity contribution in [1.29, 1.82) is 0 Å². The molecule has 126 valence electrons. The smallest absolute Gasteiger partial charge is 0.362 e. The van der Waals surface area contributed by atoms with Gasteiger partial charge in [-0.15, -0.1) is 0 Å². The molecule has 0 unspecified atom stereocenters. The first-order valence-electron chi connectivity index (χ1n) is 7.14. The van der Waals surface area contributed by atoms with Crippen LogP contribution in [0.15, 0.2) is 33.8 Å². The lowest BCUT2D eigenvalue weighted by Gasteiger charge is -2.32. The Kier molecular flexibility index (Phi) is 5.15. The minimum atomic E-state index is -4.99. The molecule has 0 saturated heterocycles. The van der Waals surface area contributed by atoms with Crippen LogP contribution in [0, 0.1) is 0 Å². The van der Waals surface area contributed by atoms with Crippen molar-refractivity contribution in [3.8, 4) is 0 Å². The SMILES string of the molecule is CCCCC1=NN(C(=O)c2ccc(Br)cc2)[C@@](O)(C(F)(F)F)C1. The zero-order chi connectivity index (χ0) is 17.3. The fourth-order valence-corrected chi connectivity index (χ4v) is 2.55. The van der Waals surface area contributed by atoms with Gasteiger partial charge in [-0.3, -0.25) is 4.79 Å². The number of amides is 1. The molecule has 1 aromatic rings. The van der Waals surface area contributed by atoms with Gasteiger partial charge < -0.3 is 5.11 Å². The van der Waals surface area contributed by atoms with Crippen LogP contribution in [0.1, 0.15) is 43.0 Å². The van der Waals surface area contributed by atoms with E-state index in [1.54, 1.807) is 0 Å². The highest BCUT2D eigenvalue weighted by Crippen LogP contribution is 2.41. The highest BCUT2D eigenvalue weighted by atomic mass is 79.9. The first-order valence-corrected chi connectivity index (χ1v) is 7.94. The Balaban J connectivity index is 2.35. The summed E-state index contributed by atoms with van der Waals surface area (Å²) < 4.78 is 40.6. The van der Waals surface area contributed by atoms with Gasteiger partial charge in [0.25, 0.3) is 11.6 Å². The first kappa shape index (κ1) is 17.9. The predicted molar refractivity (Wildman–Crippen MR) is 82.9 cm³/mol. The Bertz CT molecular complexity index is 616. The average Bonchev–Trinajstić information content (AvgIpc) is 2.83. The minimum absolute atomic E-state index is 0.0244. The lowest BCUT2D eigenvalue weighted by atomic mass is 10.0. The number of halogens is 4. The Morgan fingerprint density at radius 1 is 1.39 bits per heavy atom. The highest BCUT2D eigenvalue weighted by Gasteiger charge is 2.63. The second kappa shape index (κ2) is 6.60. The molecule has 0 saturated carbocycles. The summed E-state index contributed by atoms with van der Waals surface area (Å²) in [7, 11) is 0. The van der Waals surface area contributed by atoms with Crippen LogP contribution < -0.4 is 0 Å². The van der Waals surface area contributed by atoms with E-state index < -0.39 is 24.2 Å². The summed E-state index contributed by atoms with van der Waals surface area (Å²) in [6, 6.07) is 5.83. The Labute approximate surface area is 140 Å². The number of hydrogen-bond donors (Lipinski definition) is 1. The Hall–Kier alpha value is -1.41. The van der Waals surface area contributed by atoms with Gasteiger partial charge in [0.05, 0.1) is 0 Å². The number of benzene rings is 1. The van der Waals surface area contributed by atoms with Crippen LogP contribution in [0.2, 0.25) is 0 Å². The van der Waals surface area contributed by atoms with Crippen molar-refractivity contribution in [2.75, 3.05) is 0 Å². The molecule has 1 aliphatic rings. The quantitative estimate of drug-likeness (QED) is 0.838. The third kappa shape index (κ3) is 3.58. The van der Waals surface area contributed by atoms with Crippen molar-refractivity contribution in [1.82, 2.24) is 5.01 Å². The zero-order valence-corrected chi connectivity index (χ0v) is 14.0. The number of hydrogen-bond acceptors (Lipinski definition) is 3. The molecule has 1 N–H and O–H groups in total. The summed E-state index contributed by atoms with van der Waals surface area (Å²) >= 11 is 3.19. The van der Waals surface area contributed by atoms with Crippen LogP contribution in [0.5, 0.6) is 0 Å². The van der Waals surface area contributed by atoms with E-state index in [9.17, 15) is 23.1 Å². The van der Waals surface area contributed by atoms with Gasteiger partial charge in [0, 0.05) is 22.2 Å². The van der Waals surface area contributed by atoms with Crippen molar-refractivity contribution in [3.63, 3.8) is 0 Å². The molecular weight excluding hydrogens is 377 g/mol. The molecular formula is C15H16BrF3N2O2. The standard InChI is InChI=1S/C15H16BrF3N2O2/c1-2-3-4-12-9-14(23,15(17,18)19)21(20-12)13(22)10-5-7-11(16)8-6-10/h5-8,23H,2-4,9H2,1H3/t14-/m0/s1. The molecule has 23 heavy (non-hydrogen) atoms. The number of carbonyl (C=O) groups is 1. The molecule has 0 aromatic heterocycles. The molecule has 4 nitrogen and oxygen atoms in total. The fourth-order valence-electron chi connectivity index (χ4n) is 2.29. The molecule has 1 aliphatic heterocycles. The minimum Gasteiger partial charge on any atom is -0.362 e. The maximum absolute atomic E-state index is 13.3. The third-order valence-electron chi connectivity index (χ3n) is 3.60. The number of hydrazone groups is 1. The normalized spacial score (nSPS) is 21.5. The monoisotopic (exact) mass is 392 g/mol. The second-order valence-corrected chi connectivity index (χ2v) is 6.30. The van der Waals surface area contributed by atoms with Crippen molar-refractivity contribution < 1.29 is 23.1 Å². The Morgan fingerprint density at radius 2 is 2.00 bits per heavy atom. The van der Waals surface area contributed by atoms with Crippen LogP contribution in [-0.4, -0.2) is 33.6 Å². The van der Waals surface area contributed by atoms with Gasteiger partial charge >= 0.3 is 6.18 Å². The van der Waals surface area contributed by atoms with E-state index in [4.69, 9.17) is 0 Å². The molecule has 1 amide bonds. The van der Waals surface area contributed by atoms with E-state index in [0.717, 1.165) is 6.42 Å². The lowest BCUT2D eigenvalue weighted by Crippen LogP contribution is -2.56. The van der Waals surface area contributed by atoms with Gasteiger partial charge in [-0.05, 0) is 37.1 Å². The average molecular weight is 393 g/mol. The van der Waals surface area contributed by atoms with Gasteiger partial charge in [-0.25, -0.2) is 0 Å². The summed E-state index contributed by atoms with van der Waals surface area (Å²) in [4.78, 5) is 12.4. The highest BCUT2D eigenvalue weighted by molar-refractivity contribution is 9.10. The lowest BCUT2D eigenvalue weighted by molar-refractivity contribution is -0.297. The van der Waals surface area contributed by atoms with E-state index in [1.165, 1.54) is 24.3 Å².